The minimum absolute atomic E-state index is 0.0653. The first kappa shape index (κ1) is 26.2. The first-order chi connectivity index (χ1) is 17.9. The monoisotopic (exact) mass is 513 g/mol. The Bertz CT molecular complexity index is 1190. The normalized spacial score (nSPS) is 20.7. The van der Waals surface area contributed by atoms with Gasteiger partial charge in [0.2, 0.25) is 5.75 Å². The van der Waals surface area contributed by atoms with Crippen LogP contribution in [-0.2, 0) is 14.3 Å². The number of carbonyl (C=O) groups is 2. The fraction of sp³-hybridized carbons (Fsp3) is 0.407. The zero-order valence-electron chi connectivity index (χ0n) is 21.5. The average molecular weight is 514 g/mol. The summed E-state index contributed by atoms with van der Waals surface area (Å²) in [4.78, 5) is 28.2. The maximum atomic E-state index is 13.4. The summed E-state index contributed by atoms with van der Waals surface area (Å²) in [7, 11) is 7.42. The third kappa shape index (κ3) is 4.76. The standard InChI is InChI=1S/C27H31NO9/c1-32-18-9-8-15(11-19(18)33-2)24(29)22-23(16-12-20(34-3)26(36-5)21(13-16)35-4)28(27(31)25(22)30)14-17-7-6-10-37-17/h8-9,11-13,17,23,29H,6-7,10,14H2,1-5H3/t17-,23-/m0/s1. The van der Waals surface area contributed by atoms with Crippen LogP contribution in [0.15, 0.2) is 35.9 Å². The lowest BCUT2D eigenvalue weighted by Gasteiger charge is -2.28. The van der Waals surface area contributed by atoms with Crippen molar-refractivity contribution in [1.29, 1.82) is 0 Å². The van der Waals surface area contributed by atoms with Gasteiger partial charge in [-0.25, -0.2) is 0 Å². The number of benzene rings is 2. The van der Waals surface area contributed by atoms with E-state index in [0.717, 1.165) is 12.8 Å². The van der Waals surface area contributed by atoms with Gasteiger partial charge < -0.3 is 38.4 Å². The second kappa shape index (κ2) is 11.0. The largest absolute Gasteiger partial charge is 0.507 e. The third-order valence-corrected chi connectivity index (χ3v) is 6.62. The zero-order valence-corrected chi connectivity index (χ0v) is 21.5. The summed E-state index contributed by atoms with van der Waals surface area (Å²) in [5, 5.41) is 11.4. The number of methoxy groups -OCH3 is 5. The Balaban J connectivity index is 1.92. The number of nitrogens with zero attached hydrogens (tertiary/aromatic N) is 1. The zero-order chi connectivity index (χ0) is 26.7. The average Bonchev–Trinajstić information content (AvgIpc) is 3.53. The minimum atomic E-state index is -0.925. The van der Waals surface area contributed by atoms with Gasteiger partial charge in [0.25, 0.3) is 11.7 Å². The van der Waals surface area contributed by atoms with Gasteiger partial charge in [0.15, 0.2) is 23.0 Å². The van der Waals surface area contributed by atoms with Crippen molar-refractivity contribution in [3.63, 3.8) is 0 Å². The van der Waals surface area contributed by atoms with Crippen LogP contribution in [0.2, 0.25) is 0 Å². The summed E-state index contributed by atoms with van der Waals surface area (Å²) >= 11 is 0. The van der Waals surface area contributed by atoms with E-state index in [9.17, 15) is 14.7 Å². The molecule has 198 valence electrons. The lowest BCUT2D eigenvalue weighted by atomic mass is 9.94. The Morgan fingerprint density at radius 2 is 1.57 bits per heavy atom. The van der Waals surface area contributed by atoms with Crippen molar-refractivity contribution in [3.05, 3.63) is 47.0 Å². The molecule has 0 aliphatic carbocycles. The predicted molar refractivity (Wildman–Crippen MR) is 134 cm³/mol. The molecule has 0 saturated carbocycles. The summed E-state index contributed by atoms with van der Waals surface area (Å²) in [6.07, 6.45) is 1.42. The molecular formula is C27H31NO9. The number of aliphatic hydroxyl groups excluding tert-OH is 1. The van der Waals surface area contributed by atoms with Crippen molar-refractivity contribution in [2.24, 2.45) is 0 Å². The maximum absolute atomic E-state index is 13.4. The van der Waals surface area contributed by atoms with Crippen LogP contribution in [0.4, 0.5) is 0 Å². The molecule has 0 radical (unpaired) electrons. The molecule has 2 aliphatic heterocycles. The first-order valence-corrected chi connectivity index (χ1v) is 11.8. The van der Waals surface area contributed by atoms with E-state index < -0.39 is 17.7 Å². The van der Waals surface area contributed by atoms with Gasteiger partial charge in [-0.15, -0.1) is 0 Å². The van der Waals surface area contributed by atoms with E-state index in [1.807, 2.05) is 0 Å². The molecule has 2 aromatic carbocycles. The van der Waals surface area contributed by atoms with Crippen LogP contribution in [0.25, 0.3) is 5.76 Å². The Morgan fingerprint density at radius 1 is 0.919 bits per heavy atom. The molecule has 2 saturated heterocycles. The van der Waals surface area contributed by atoms with E-state index in [1.165, 1.54) is 40.4 Å². The van der Waals surface area contributed by atoms with E-state index in [0.29, 0.717) is 46.5 Å². The number of rotatable bonds is 9. The molecule has 2 heterocycles. The minimum Gasteiger partial charge on any atom is -0.507 e. The van der Waals surface area contributed by atoms with Gasteiger partial charge in [-0.1, -0.05) is 0 Å². The molecule has 2 fully saturated rings. The lowest BCUT2D eigenvalue weighted by Crippen LogP contribution is -2.36. The fourth-order valence-corrected chi connectivity index (χ4v) is 4.82. The van der Waals surface area contributed by atoms with Crippen LogP contribution in [0, 0.1) is 0 Å². The van der Waals surface area contributed by atoms with Gasteiger partial charge in [-0.2, -0.15) is 0 Å². The topological polar surface area (TPSA) is 113 Å². The second-order valence-corrected chi connectivity index (χ2v) is 8.61. The van der Waals surface area contributed by atoms with Crippen molar-refractivity contribution in [3.8, 4) is 28.7 Å². The molecule has 0 unspecified atom stereocenters. The van der Waals surface area contributed by atoms with Crippen LogP contribution < -0.4 is 23.7 Å². The Morgan fingerprint density at radius 3 is 2.11 bits per heavy atom. The van der Waals surface area contributed by atoms with Gasteiger partial charge in [-0.05, 0) is 48.7 Å². The fourth-order valence-electron chi connectivity index (χ4n) is 4.82. The predicted octanol–water partition coefficient (Wildman–Crippen LogP) is 3.33. The van der Waals surface area contributed by atoms with Crippen molar-refractivity contribution in [2.75, 3.05) is 48.7 Å². The van der Waals surface area contributed by atoms with Crippen molar-refractivity contribution in [2.45, 2.75) is 25.0 Å². The number of likely N-dealkylation sites (tertiary alicyclic amines) is 1. The lowest BCUT2D eigenvalue weighted by molar-refractivity contribution is -0.140. The summed E-state index contributed by atoms with van der Waals surface area (Å²) in [6, 6.07) is 7.17. The molecule has 2 aromatic rings. The third-order valence-electron chi connectivity index (χ3n) is 6.62. The highest BCUT2D eigenvalue weighted by atomic mass is 16.5. The van der Waals surface area contributed by atoms with E-state index in [-0.39, 0.29) is 24.0 Å². The Labute approximate surface area is 215 Å². The molecule has 2 atom stereocenters. The summed E-state index contributed by atoms with van der Waals surface area (Å²) < 4.78 is 32.9. The molecule has 37 heavy (non-hydrogen) atoms. The number of ketones is 1. The number of aliphatic hydroxyl groups is 1. The SMILES string of the molecule is COc1ccc(C(O)=C2C(=O)C(=O)N(C[C@@H]3CCCO3)[C@H]2c2cc(OC)c(OC)c(OC)c2)cc1OC. The summed E-state index contributed by atoms with van der Waals surface area (Å²) in [5.74, 6) is 0.0257. The quantitative estimate of drug-likeness (QED) is 0.306. The summed E-state index contributed by atoms with van der Waals surface area (Å²) in [6.45, 7) is 0.781. The highest BCUT2D eigenvalue weighted by Crippen LogP contribution is 2.46. The van der Waals surface area contributed by atoms with Gasteiger partial charge in [0.05, 0.1) is 53.3 Å². The molecule has 0 spiro atoms. The number of ether oxygens (including phenoxy) is 6. The van der Waals surface area contributed by atoms with Crippen LogP contribution in [0.5, 0.6) is 28.7 Å². The number of hydrogen-bond acceptors (Lipinski definition) is 9. The van der Waals surface area contributed by atoms with Gasteiger partial charge in [0, 0.05) is 18.7 Å². The van der Waals surface area contributed by atoms with E-state index >= 15 is 0 Å². The smallest absolute Gasteiger partial charge is 0.295 e. The van der Waals surface area contributed by atoms with Crippen LogP contribution in [-0.4, -0.2) is 76.5 Å². The maximum Gasteiger partial charge on any atom is 0.295 e. The van der Waals surface area contributed by atoms with Gasteiger partial charge in [-0.3, -0.25) is 9.59 Å². The molecule has 0 bridgehead atoms. The van der Waals surface area contributed by atoms with E-state index in [1.54, 1.807) is 30.3 Å². The Kier molecular flexibility index (Phi) is 7.77. The number of hydrogen-bond donors (Lipinski definition) is 1. The van der Waals surface area contributed by atoms with E-state index in [4.69, 9.17) is 28.4 Å². The van der Waals surface area contributed by atoms with Crippen molar-refractivity contribution < 1.29 is 43.1 Å². The highest BCUT2D eigenvalue weighted by Gasteiger charge is 2.47. The molecule has 4 rings (SSSR count). The number of carbonyl (C=O) groups excluding carboxylic acids is 2. The number of amides is 1. The summed E-state index contributed by atoms with van der Waals surface area (Å²) in [5.41, 5.74) is 0.739. The molecular weight excluding hydrogens is 482 g/mol. The van der Waals surface area contributed by atoms with Crippen LogP contribution >= 0.6 is 0 Å². The number of Topliss-reactive ketones (excluding diaryl/α,β-unsaturated/α-hetero) is 1. The molecule has 10 nitrogen and oxygen atoms in total. The second-order valence-electron chi connectivity index (χ2n) is 8.61. The van der Waals surface area contributed by atoms with Crippen molar-refractivity contribution in [1.82, 2.24) is 4.90 Å². The van der Waals surface area contributed by atoms with Crippen LogP contribution in [0.1, 0.15) is 30.0 Å². The molecule has 1 amide bonds. The Hall–Kier alpha value is -3.92. The van der Waals surface area contributed by atoms with E-state index in [2.05, 4.69) is 0 Å². The molecule has 10 heteroatoms. The molecule has 2 aliphatic rings. The van der Waals surface area contributed by atoms with Gasteiger partial charge >= 0.3 is 0 Å². The molecule has 0 aromatic heterocycles. The van der Waals surface area contributed by atoms with Crippen molar-refractivity contribution >= 4 is 17.4 Å². The molecule has 1 N–H and O–H groups in total. The first-order valence-electron chi connectivity index (χ1n) is 11.8. The van der Waals surface area contributed by atoms with Crippen LogP contribution in [0.3, 0.4) is 0 Å². The highest BCUT2D eigenvalue weighted by molar-refractivity contribution is 6.46. The van der Waals surface area contributed by atoms with Gasteiger partial charge in [0.1, 0.15) is 5.76 Å².